The molecule has 0 aromatic heterocycles. The van der Waals surface area contributed by atoms with E-state index in [1.165, 1.54) is 0 Å². The molecule has 18 heavy (non-hydrogen) atoms. The third kappa shape index (κ3) is 7.08. The second kappa shape index (κ2) is 8.71. The molecule has 1 atom stereocenters. The van der Waals surface area contributed by atoms with Crippen LogP contribution in [0.4, 0.5) is 4.79 Å². The maximum atomic E-state index is 11.3. The number of rotatable bonds is 7. The number of aliphatic carboxylic acids is 1. The molecule has 7 heteroatoms. The van der Waals surface area contributed by atoms with E-state index in [1.54, 1.807) is 0 Å². The molecule has 0 aromatic carbocycles. The van der Waals surface area contributed by atoms with Crippen molar-refractivity contribution < 1.29 is 24.2 Å². The van der Waals surface area contributed by atoms with Gasteiger partial charge in [0.05, 0.1) is 13.2 Å². The van der Waals surface area contributed by atoms with E-state index in [4.69, 9.17) is 14.6 Å². The van der Waals surface area contributed by atoms with Gasteiger partial charge in [0.2, 0.25) is 0 Å². The lowest BCUT2D eigenvalue weighted by Crippen LogP contribution is -2.41. The Hall–Kier alpha value is -1.34. The third-order valence-corrected chi connectivity index (χ3v) is 2.56. The van der Waals surface area contributed by atoms with Gasteiger partial charge in [-0.25, -0.2) is 9.59 Å². The topological polar surface area (TPSA) is 96.9 Å². The van der Waals surface area contributed by atoms with Gasteiger partial charge in [-0.1, -0.05) is 0 Å². The zero-order valence-electron chi connectivity index (χ0n) is 10.3. The molecule has 1 saturated heterocycles. The van der Waals surface area contributed by atoms with Crippen molar-refractivity contribution in [2.24, 2.45) is 5.92 Å². The lowest BCUT2D eigenvalue weighted by atomic mass is 10.0. The van der Waals surface area contributed by atoms with Crippen LogP contribution in [0, 0.1) is 5.92 Å². The van der Waals surface area contributed by atoms with Crippen molar-refractivity contribution in [3.05, 3.63) is 0 Å². The van der Waals surface area contributed by atoms with E-state index in [0.29, 0.717) is 25.6 Å². The Labute approximate surface area is 106 Å². The first-order valence-corrected chi connectivity index (χ1v) is 6.07. The van der Waals surface area contributed by atoms with Gasteiger partial charge in [0.25, 0.3) is 0 Å². The summed E-state index contributed by atoms with van der Waals surface area (Å²) in [5.41, 5.74) is 0. The second-order valence-electron chi connectivity index (χ2n) is 4.17. The largest absolute Gasteiger partial charge is 0.480 e. The molecule has 2 amide bonds. The molecule has 1 rings (SSSR count). The molecule has 0 bridgehead atoms. The summed E-state index contributed by atoms with van der Waals surface area (Å²) in [6.45, 7) is 2.24. The Kier molecular flexibility index (Phi) is 7.12. The fraction of sp³-hybridized carbons (Fsp3) is 0.818. The minimum Gasteiger partial charge on any atom is -0.480 e. The van der Waals surface area contributed by atoms with E-state index in [0.717, 1.165) is 19.4 Å². The van der Waals surface area contributed by atoms with Crippen molar-refractivity contribution in [2.45, 2.75) is 12.8 Å². The van der Waals surface area contributed by atoms with Crippen molar-refractivity contribution >= 4 is 12.0 Å². The second-order valence-corrected chi connectivity index (χ2v) is 4.17. The van der Waals surface area contributed by atoms with Gasteiger partial charge in [0.1, 0.15) is 6.61 Å². The monoisotopic (exact) mass is 260 g/mol. The molecular weight excluding hydrogens is 240 g/mol. The van der Waals surface area contributed by atoms with E-state index in [-0.39, 0.29) is 19.2 Å². The normalized spacial score (nSPS) is 19.2. The van der Waals surface area contributed by atoms with Crippen LogP contribution < -0.4 is 10.6 Å². The Morgan fingerprint density at radius 3 is 2.89 bits per heavy atom. The smallest absolute Gasteiger partial charge is 0.329 e. The van der Waals surface area contributed by atoms with Crippen LogP contribution in [-0.2, 0) is 14.3 Å². The van der Waals surface area contributed by atoms with E-state index >= 15 is 0 Å². The first kappa shape index (κ1) is 14.7. The van der Waals surface area contributed by atoms with Crippen LogP contribution in [0.25, 0.3) is 0 Å². The summed E-state index contributed by atoms with van der Waals surface area (Å²) in [6, 6.07) is -0.264. The molecule has 1 unspecified atom stereocenters. The number of nitrogens with one attached hydrogen (secondary N) is 2. The van der Waals surface area contributed by atoms with Crippen LogP contribution in [0.5, 0.6) is 0 Å². The number of amides is 2. The van der Waals surface area contributed by atoms with Crippen molar-refractivity contribution in [1.82, 2.24) is 10.6 Å². The molecular formula is C11H20N2O5. The Morgan fingerprint density at radius 1 is 1.39 bits per heavy atom. The lowest BCUT2D eigenvalue weighted by molar-refractivity contribution is -0.142. The van der Waals surface area contributed by atoms with Crippen LogP contribution in [-0.4, -0.2) is 56.6 Å². The molecule has 1 aliphatic rings. The van der Waals surface area contributed by atoms with Crippen LogP contribution >= 0.6 is 0 Å². The molecule has 0 aliphatic carbocycles. The van der Waals surface area contributed by atoms with Gasteiger partial charge in [-0.05, 0) is 18.8 Å². The molecule has 0 saturated carbocycles. The molecule has 0 radical (unpaired) electrons. The van der Waals surface area contributed by atoms with Gasteiger partial charge in [-0.3, -0.25) is 0 Å². The average molecular weight is 260 g/mol. The Bertz CT molecular complexity index is 266. The zero-order chi connectivity index (χ0) is 13.2. The lowest BCUT2D eigenvalue weighted by Gasteiger charge is -2.22. The summed E-state index contributed by atoms with van der Waals surface area (Å²) in [5.74, 6) is -0.635. The van der Waals surface area contributed by atoms with Crippen molar-refractivity contribution in [3.8, 4) is 0 Å². The van der Waals surface area contributed by atoms with Gasteiger partial charge in [0, 0.05) is 19.7 Å². The number of hydrogen-bond acceptors (Lipinski definition) is 4. The molecule has 7 nitrogen and oxygen atoms in total. The number of ether oxygens (including phenoxy) is 2. The summed E-state index contributed by atoms with van der Waals surface area (Å²) in [4.78, 5) is 21.5. The quantitative estimate of drug-likeness (QED) is 0.551. The molecule has 1 aliphatic heterocycles. The van der Waals surface area contributed by atoms with Gasteiger partial charge < -0.3 is 25.2 Å². The first-order chi connectivity index (χ1) is 8.68. The van der Waals surface area contributed by atoms with E-state index in [1.807, 2.05) is 0 Å². The number of carbonyl (C=O) groups excluding carboxylic acids is 1. The average Bonchev–Trinajstić information content (AvgIpc) is 2.37. The highest BCUT2D eigenvalue weighted by atomic mass is 16.5. The summed E-state index contributed by atoms with van der Waals surface area (Å²) < 4.78 is 10.1. The summed E-state index contributed by atoms with van der Waals surface area (Å²) >= 11 is 0. The maximum absolute atomic E-state index is 11.3. The fourth-order valence-corrected chi connectivity index (χ4v) is 1.66. The molecule has 1 heterocycles. The van der Waals surface area contributed by atoms with Crippen molar-refractivity contribution in [3.63, 3.8) is 0 Å². The molecule has 0 spiro atoms. The highest BCUT2D eigenvalue weighted by Crippen LogP contribution is 2.11. The van der Waals surface area contributed by atoms with Gasteiger partial charge in [-0.2, -0.15) is 0 Å². The number of carboxylic acid groups (broad SMARTS) is 1. The van der Waals surface area contributed by atoms with E-state index < -0.39 is 5.97 Å². The SMILES string of the molecule is O=C(O)COCCNC(=O)NCC1CCCOC1. The zero-order valence-corrected chi connectivity index (χ0v) is 10.3. The standard InChI is InChI=1S/C11H20N2O5/c14-10(15)8-18-5-3-12-11(16)13-6-9-2-1-4-17-7-9/h9H,1-8H2,(H,14,15)(H2,12,13,16). The maximum Gasteiger partial charge on any atom is 0.329 e. The van der Waals surface area contributed by atoms with Crippen molar-refractivity contribution in [1.29, 1.82) is 0 Å². The first-order valence-electron chi connectivity index (χ1n) is 6.07. The van der Waals surface area contributed by atoms with Crippen LogP contribution in [0.1, 0.15) is 12.8 Å². The van der Waals surface area contributed by atoms with E-state index in [2.05, 4.69) is 10.6 Å². The van der Waals surface area contributed by atoms with Crippen molar-refractivity contribution in [2.75, 3.05) is 39.5 Å². The Morgan fingerprint density at radius 2 is 2.22 bits per heavy atom. The number of urea groups is 1. The molecule has 3 N–H and O–H groups in total. The highest BCUT2D eigenvalue weighted by molar-refractivity contribution is 5.73. The van der Waals surface area contributed by atoms with E-state index in [9.17, 15) is 9.59 Å². The van der Waals surface area contributed by atoms with Gasteiger partial charge >= 0.3 is 12.0 Å². The summed E-state index contributed by atoms with van der Waals surface area (Å²) in [6.07, 6.45) is 2.11. The number of hydrogen-bond donors (Lipinski definition) is 3. The predicted molar refractivity (Wildman–Crippen MR) is 63.4 cm³/mol. The minimum absolute atomic E-state index is 0.187. The highest BCUT2D eigenvalue weighted by Gasteiger charge is 2.14. The van der Waals surface area contributed by atoms with Crippen LogP contribution in [0.15, 0.2) is 0 Å². The predicted octanol–water partition coefficient (Wildman–Crippen LogP) is -0.187. The van der Waals surface area contributed by atoms with Crippen LogP contribution in [0.3, 0.4) is 0 Å². The van der Waals surface area contributed by atoms with Gasteiger partial charge in [0.15, 0.2) is 0 Å². The number of carboxylic acids is 1. The van der Waals surface area contributed by atoms with Crippen LogP contribution in [0.2, 0.25) is 0 Å². The minimum atomic E-state index is -1.02. The third-order valence-electron chi connectivity index (χ3n) is 2.56. The molecule has 0 aromatic rings. The Balaban J connectivity index is 1.94. The molecule has 104 valence electrons. The molecule has 1 fully saturated rings. The fourth-order valence-electron chi connectivity index (χ4n) is 1.66. The number of carbonyl (C=O) groups is 2. The summed E-state index contributed by atoms with van der Waals surface area (Å²) in [7, 11) is 0. The van der Waals surface area contributed by atoms with Gasteiger partial charge in [-0.15, -0.1) is 0 Å². The summed E-state index contributed by atoms with van der Waals surface area (Å²) in [5, 5.41) is 13.7.